The predicted octanol–water partition coefficient (Wildman–Crippen LogP) is -0.803. The van der Waals surface area contributed by atoms with Gasteiger partial charge in [-0.25, -0.2) is 4.39 Å². The van der Waals surface area contributed by atoms with E-state index in [4.69, 9.17) is 13.0 Å². The van der Waals surface area contributed by atoms with Crippen LogP contribution in [0, 0.1) is 0 Å². The molecule has 0 aromatic heterocycles. The summed E-state index contributed by atoms with van der Waals surface area (Å²) in [6, 6.07) is 0. The van der Waals surface area contributed by atoms with Crippen molar-refractivity contribution < 1.29 is 33.2 Å². The fraction of sp³-hybridized carbons (Fsp3) is 0.625. The van der Waals surface area contributed by atoms with E-state index >= 15 is 0 Å². The van der Waals surface area contributed by atoms with Gasteiger partial charge in [0.1, 0.15) is 12.2 Å². The minimum absolute atomic E-state index is 0.169. The Labute approximate surface area is 90.1 Å². The highest BCUT2D eigenvalue weighted by Gasteiger charge is 2.61. The van der Waals surface area contributed by atoms with Crippen molar-refractivity contribution in [2.75, 3.05) is 6.61 Å². The fourth-order valence-corrected chi connectivity index (χ4v) is 1.35. The average molecular weight is 236 g/mol. The van der Waals surface area contributed by atoms with Gasteiger partial charge in [0.2, 0.25) is 0 Å². The highest BCUT2D eigenvalue weighted by atomic mass is 19.3. The molecule has 2 unspecified atom stereocenters. The molecular weight excluding hydrogens is 228 g/mol. The second-order valence-corrected chi connectivity index (χ2v) is 3.30. The van der Waals surface area contributed by atoms with Crippen LogP contribution in [0.2, 0.25) is 0 Å². The van der Waals surface area contributed by atoms with Crippen LogP contribution >= 0.6 is 0 Å². The van der Waals surface area contributed by atoms with E-state index in [0.29, 0.717) is 0 Å². The molecule has 1 aliphatic heterocycles. The first-order valence-electron chi connectivity index (χ1n) is 4.20. The van der Waals surface area contributed by atoms with Gasteiger partial charge in [0.25, 0.3) is 0 Å². The second-order valence-electron chi connectivity index (χ2n) is 3.30. The van der Waals surface area contributed by atoms with E-state index in [0.717, 1.165) is 0 Å². The molecule has 88 valence electrons. The number of hydrogen-bond donors (Lipinski definition) is 3. The molecular formula is C8H8BF3O4. The van der Waals surface area contributed by atoms with Crippen LogP contribution in [0.15, 0.2) is 17.9 Å². The Kier molecular flexibility index (Phi) is 3.51. The summed E-state index contributed by atoms with van der Waals surface area (Å²) in [5, 5.41) is 27.6. The molecule has 0 aromatic carbocycles. The number of rotatable bonds is 2. The summed E-state index contributed by atoms with van der Waals surface area (Å²) in [4.78, 5) is 0. The number of hydrogen-bond acceptors (Lipinski definition) is 4. The zero-order valence-electron chi connectivity index (χ0n) is 7.90. The van der Waals surface area contributed by atoms with Crippen molar-refractivity contribution in [3.05, 3.63) is 17.9 Å². The van der Waals surface area contributed by atoms with Gasteiger partial charge in [0, 0.05) is 6.08 Å². The molecule has 0 saturated carbocycles. The third kappa shape index (κ3) is 2.02. The van der Waals surface area contributed by atoms with Crippen LogP contribution in [0.4, 0.5) is 13.2 Å². The fourth-order valence-electron chi connectivity index (χ4n) is 1.35. The van der Waals surface area contributed by atoms with Gasteiger partial charge in [-0.05, 0) is 0 Å². The molecule has 0 aromatic rings. The molecule has 0 aliphatic carbocycles. The lowest BCUT2D eigenvalue weighted by Gasteiger charge is -2.29. The zero-order chi connectivity index (χ0) is 12.6. The minimum atomic E-state index is -3.29. The van der Waals surface area contributed by atoms with Gasteiger partial charge in [-0.2, -0.15) is 8.78 Å². The van der Waals surface area contributed by atoms with Crippen molar-refractivity contribution in [1.29, 1.82) is 0 Å². The molecule has 4 atom stereocenters. The molecule has 2 radical (unpaired) electrons. The summed E-state index contributed by atoms with van der Waals surface area (Å²) in [5.41, 5.74) is -1.67. The molecule has 3 N–H and O–H groups in total. The Morgan fingerprint density at radius 1 is 1.56 bits per heavy atom. The highest BCUT2D eigenvalue weighted by Crippen LogP contribution is 2.40. The average Bonchev–Trinajstić information content (AvgIpc) is 2.36. The largest absolute Gasteiger partial charge is 0.394 e. The monoisotopic (exact) mass is 236 g/mol. The van der Waals surface area contributed by atoms with Gasteiger partial charge >= 0.3 is 6.08 Å². The molecule has 1 fully saturated rings. The van der Waals surface area contributed by atoms with Gasteiger partial charge in [-0.1, -0.05) is 5.73 Å². The van der Waals surface area contributed by atoms with Crippen LogP contribution < -0.4 is 0 Å². The lowest BCUT2D eigenvalue weighted by molar-refractivity contribution is -0.144. The summed E-state index contributed by atoms with van der Waals surface area (Å²) in [5.74, 6) is -3.29. The number of aliphatic hydroxyl groups is 3. The highest BCUT2D eigenvalue weighted by molar-refractivity contribution is 6.14. The van der Waals surface area contributed by atoms with Crippen LogP contribution in [0.3, 0.4) is 0 Å². The Morgan fingerprint density at radius 3 is 2.50 bits per heavy atom. The van der Waals surface area contributed by atoms with E-state index in [1.165, 1.54) is 5.73 Å². The number of halogens is 3. The van der Waals surface area contributed by atoms with E-state index in [2.05, 4.69) is 4.74 Å². The van der Waals surface area contributed by atoms with Crippen LogP contribution in [-0.4, -0.2) is 53.3 Å². The van der Waals surface area contributed by atoms with Crippen molar-refractivity contribution >= 4 is 7.85 Å². The van der Waals surface area contributed by atoms with Gasteiger partial charge in [0.15, 0.2) is 19.2 Å². The number of ether oxygens (including phenoxy) is 1. The van der Waals surface area contributed by atoms with E-state index in [1.54, 1.807) is 0 Å². The molecule has 1 aliphatic rings. The molecule has 1 heterocycles. The van der Waals surface area contributed by atoms with E-state index < -0.39 is 36.3 Å². The number of alkyl halides is 1. The van der Waals surface area contributed by atoms with Crippen LogP contribution in [0.25, 0.3) is 0 Å². The van der Waals surface area contributed by atoms with E-state index in [9.17, 15) is 23.4 Å². The smallest absolute Gasteiger partial charge is 0.312 e. The van der Waals surface area contributed by atoms with Gasteiger partial charge in [-0.15, -0.1) is 0 Å². The first-order chi connectivity index (χ1) is 7.24. The SMILES string of the molecule is [B][C@]1(F)O[C@H](CO)C(O)C1(O)C=C=C(F)F. The lowest BCUT2D eigenvalue weighted by Crippen LogP contribution is -2.53. The van der Waals surface area contributed by atoms with Crippen molar-refractivity contribution in [2.24, 2.45) is 0 Å². The molecule has 1 saturated heterocycles. The lowest BCUT2D eigenvalue weighted by atomic mass is 9.78. The second kappa shape index (κ2) is 4.23. The topological polar surface area (TPSA) is 69.9 Å². The Morgan fingerprint density at radius 2 is 2.12 bits per heavy atom. The maximum absolute atomic E-state index is 13.5. The van der Waals surface area contributed by atoms with E-state index in [-0.39, 0.29) is 6.08 Å². The normalized spacial score (nSPS) is 42.9. The molecule has 8 heteroatoms. The standard InChI is InChI=1S/C8H8BF3O4/c9-8(12)7(15,2-1-5(10)11)6(14)4(3-13)16-8/h2,4,6,13-15H,3H2/t4-,6?,7?,8-/m1/s1. The molecule has 16 heavy (non-hydrogen) atoms. The summed E-state index contributed by atoms with van der Waals surface area (Å²) in [6.45, 7) is -0.831. The predicted molar refractivity (Wildman–Crippen MR) is 46.3 cm³/mol. The zero-order valence-corrected chi connectivity index (χ0v) is 7.90. The molecule has 0 bridgehead atoms. The van der Waals surface area contributed by atoms with Gasteiger partial charge in [-0.3, -0.25) is 0 Å². The first-order valence-corrected chi connectivity index (χ1v) is 4.20. The third-order valence-corrected chi connectivity index (χ3v) is 2.25. The Balaban J connectivity index is 3.14. The van der Waals surface area contributed by atoms with Crippen molar-refractivity contribution in [3.63, 3.8) is 0 Å². The summed E-state index contributed by atoms with van der Waals surface area (Å²) in [6.07, 6.45) is -5.66. The first kappa shape index (κ1) is 13.3. The van der Waals surface area contributed by atoms with Crippen molar-refractivity contribution in [2.45, 2.75) is 23.6 Å². The quantitative estimate of drug-likeness (QED) is 0.433. The van der Waals surface area contributed by atoms with E-state index in [1.807, 2.05) is 0 Å². The Bertz CT molecular complexity index is 338. The van der Waals surface area contributed by atoms with Crippen LogP contribution in [0.1, 0.15) is 0 Å². The minimum Gasteiger partial charge on any atom is -0.394 e. The van der Waals surface area contributed by atoms with Crippen molar-refractivity contribution in [3.8, 4) is 0 Å². The molecule has 0 amide bonds. The van der Waals surface area contributed by atoms with Gasteiger partial charge < -0.3 is 20.1 Å². The maximum atomic E-state index is 13.5. The molecule has 4 nitrogen and oxygen atoms in total. The third-order valence-electron chi connectivity index (χ3n) is 2.25. The molecule has 0 spiro atoms. The maximum Gasteiger partial charge on any atom is 0.312 e. The summed E-state index contributed by atoms with van der Waals surface area (Å²) >= 11 is 0. The Hall–Kier alpha value is -0.785. The van der Waals surface area contributed by atoms with Crippen LogP contribution in [0.5, 0.6) is 0 Å². The van der Waals surface area contributed by atoms with Crippen molar-refractivity contribution in [1.82, 2.24) is 0 Å². The van der Waals surface area contributed by atoms with Crippen LogP contribution in [-0.2, 0) is 4.74 Å². The summed E-state index contributed by atoms with van der Waals surface area (Å²) in [7, 11) is 4.86. The molecule has 1 rings (SSSR count). The summed E-state index contributed by atoms with van der Waals surface area (Å²) < 4.78 is 41.3. The van der Waals surface area contributed by atoms with Gasteiger partial charge in [0.05, 0.1) is 6.61 Å². The number of aliphatic hydroxyl groups excluding tert-OH is 2.